The molecule has 0 unspecified atom stereocenters. The first-order chi connectivity index (χ1) is 9.90. The maximum absolute atomic E-state index is 11.9. The Morgan fingerprint density at radius 1 is 1.33 bits per heavy atom. The fraction of sp³-hybridized carbons (Fsp3) is 0.167. The Morgan fingerprint density at radius 3 is 2.71 bits per heavy atom. The first kappa shape index (κ1) is 14.7. The number of thiophene rings is 1. The van der Waals surface area contributed by atoms with Crippen molar-refractivity contribution in [1.29, 1.82) is 0 Å². The van der Waals surface area contributed by atoms with E-state index in [1.165, 1.54) is 30.8 Å². The average molecular weight is 309 g/mol. The van der Waals surface area contributed by atoms with E-state index < -0.39 is 23.1 Å². The number of nitrogens with zero attached hydrogens (tertiary/aromatic N) is 2. The average Bonchev–Trinajstić information content (AvgIpc) is 2.88. The standard InChI is InChI=1S/C12H11N3O5S/c1-14-9(17)2-4-15(12(14)20)6-8(16)13-10-7(11(18)19)3-5-21-10/h2-5H,6H2,1H3,(H,13,16)(H,18,19). The molecule has 2 aromatic rings. The molecular weight excluding hydrogens is 298 g/mol. The van der Waals surface area contributed by atoms with Crippen LogP contribution in [0.4, 0.5) is 5.00 Å². The first-order valence-corrected chi connectivity index (χ1v) is 6.65. The summed E-state index contributed by atoms with van der Waals surface area (Å²) in [7, 11) is 1.31. The third kappa shape index (κ3) is 3.08. The molecule has 0 bridgehead atoms. The van der Waals surface area contributed by atoms with Gasteiger partial charge in [0.05, 0.1) is 5.56 Å². The van der Waals surface area contributed by atoms with Crippen molar-refractivity contribution in [2.75, 3.05) is 5.32 Å². The van der Waals surface area contributed by atoms with E-state index in [1.54, 1.807) is 0 Å². The van der Waals surface area contributed by atoms with Crippen LogP contribution >= 0.6 is 11.3 Å². The molecule has 0 radical (unpaired) electrons. The molecule has 2 rings (SSSR count). The van der Waals surface area contributed by atoms with Crippen LogP contribution in [0.2, 0.25) is 0 Å². The molecule has 1 amide bonds. The van der Waals surface area contributed by atoms with Gasteiger partial charge in [0.25, 0.3) is 5.56 Å². The fourth-order valence-corrected chi connectivity index (χ4v) is 2.43. The van der Waals surface area contributed by atoms with Crippen molar-refractivity contribution in [2.24, 2.45) is 7.05 Å². The van der Waals surface area contributed by atoms with E-state index in [4.69, 9.17) is 5.11 Å². The van der Waals surface area contributed by atoms with Crippen molar-refractivity contribution in [3.8, 4) is 0 Å². The van der Waals surface area contributed by atoms with Crippen molar-refractivity contribution in [1.82, 2.24) is 9.13 Å². The summed E-state index contributed by atoms with van der Waals surface area (Å²) in [5.41, 5.74) is -1.11. The predicted octanol–water partition coefficient (Wildman–Crippen LogP) is -0.0546. The van der Waals surface area contributed by atoms with Gasteiger partial charge in [-0.1, -0.05) is 0 Å². The van der Waals surface area contributed by atoms with Gasteiger partial charge >= 0.3 is 11.7 Å². The van der Waals surface area contributed by atoms with Gasteiger partial charge in [-0.25, -0.2) is 9.59 Å². The number of hydrogen-bond donors (Lipinski definition) is 2. The number of hydrogen-bond acceptors (Lipinski definition) is 5. The molecule has 0 atom stereocenters. The van der Waals surface area contributed by atoms with Gasteiger partial charge in [0, 0.05) is 19.3 Å². The molecule has 0 spiro atoms. The van der Waals surface area contributed by atoms with Crippen molar-refractivity contribution >= 4 is 28.2 Å². The van der Waals surface area contributed by atoms with Crippen molar-refractivity contribution in [2.45, 2.75) is 6.54 Å². The number of nitrogens with one attached hydrogen (secondary N) is 1. The van der Waals surface area contributed by atoms with E-state index in [1.807, 2.05) is 0 Å². The molecule has 2 aromatic heterocycles. The van der Waals surface area contributed by atoms with Crippen LogP contribution in [0.1, 0.15) is 10.4 Å². The third-order valence-corrected chi connectivity index (χ3v) is 3.55. The summed E-state index contributed by atoms with van der Waals surface area (Å²) in [6.07, 6.45) is 1.22. The Hall–Kier alpha value is -2.68. The zero-order valence-corrected chi connectivity index (χ0v) is 11.7. The summed E-state index contributed by atoms with van der Waals surface area (Å²) in [6.45, 7) is -0.316. The van der Waals surface area contributed by atoms with E-state index in [9.17, 15) is 19.2 Å². The number of aromatic carboxylic acids is 1. The van der Waals surface area contributed by atoms with Crippen LogP contribution < -0.4 is 16.6 Å². The van der Waals surface area contributed by atoms with Gasteiger partial charge in [0.15, 0.2) is 0 Å². The molecule has 0 aliphatic rings. The molecule has 9 heteroatoms. The molecule has 110 valence electrons. The zero-order valence-electron chi connectivity index (χ0n) is 10.9. The monoisotopic (exact) mass is 309 g/mol. The highest BCUT2D eigenvalue weighted by molar-refractivity contribution is 7.14. The number of amides is 1. The second-order valence-corrected chi connectivity index (χ2v) is 5.06. The number of carboxylic acid groups (broad SMARTS) is 1. The topological polar surface area (TPSA) is 110 Å². The van der Waals surface area contributed by atoms with Gasteiger partial charge < -0.3 is 10.4 Å². The first-order valence-electron chi connectivity index (χ1n) is 5.77. The summed E-state index contributed by atoms with van der Waals surface area (Å²) in [4.78, 5) is 45.8. The lowest BCUT2D eigenvalue weighted by Crippen LogP contribution is -2.38. The summed E-state index contributed by atoms with van der Waals surface area (Å²) >= 11 is 1.07. The van der Waals surface area contributed by atoms with E-state index in [0.717, 1.165) is 20.5 Å². The number of carbonyl (C=O) groups excluding carboxylic acids is 1. The van der Waals surface area contributed by atoms with E-state index in [2.05, 4.69) is 5.32 Å². The quantitative estimate of drug-likeness (QED) is 0.822. The van der Waals surface area contributed by atoms with Crippen LogP contribution in [0.25, 0.3) is 0 Å². The van der Waals surface area contributed by atoms with Crippen LogP contribution in [0.3, 0.4) is 0 Å². The Balaban J connectivity index is 2.18. The van der Waals surface area contributed by atoms with Gasteiger partial charge in [-0.15, -0.1) is 11.3 Å². The van der Waals surface area contributed by atoms with Crippen LogP contribution in [0.5, 0.6) is 0 Å². The molecule has 0 aromatic carbocycles. The highest BCUT2D eigenvalue weighted by atomic mass is 32.1. The Morgan fingerprint density at radius 2 is 2.05 bits per heavy atom. The van der Waals surface area contributed by atoms with Crippen LogP contribution in [0, 0.1) is 0 Å². The molecule has 2 heterocycles. The number of aromatic nitrogens is 2. The van der Waals surface area contributed by atoms with Gasteiger partial charge in [0.1, 0.15) is 11.5 Å². The summed E-state index contributed by atoms with van der Waals surface area (Å²) in [6, 6.07) is 2.55. The van der Waals surface area contributed by atoms with Gasteiger partial charge in [-0.05, 0) is 11.4 Å². The SMILES string of the molecule is Cn1c(=O)ccn(CC(=O)Nc2sccc2C(=O)O)c1=O. The third-order valence-electron chi connectivity index (χ3n) is 2.72. The molecule has 0 saturated heterocycles. The lowest BCUT2D eigenvalue weighted by Gasteiger charge is -2.07. The highest BCUT2D eigenvalue weighted by Crippen LogP contribution is 2.22. The van der Waals surface area contributed by atoms with Crippen LogP contribution in [-0.4, -0.2) is 26.1 Å². The minimum absolute atomic E-state index is 0.0128. The van der Waals surface area contributed by atoms with E-state index >= 15 is 0 Å². The lowest BCUT2D eigenvalue weighted by molar-refractivity contribution is -0.116. The molecule has 0 aliphatic carbocycles. The largest absolute Gasteiger partial charge is 0.478 e. The smallest absolute Gasteiger partial charge is 0.338 e. The Kier molecular flexibility index (Phi) is 4.03. The second kappa shape index (κ2) is 5.75. The molecular formula is C12H11N3O5S. The number of rotatable bonds is 4. The molecule has 0 aliphatic heterocycles. The van der Waals surface area contributed by atoms with E-state index in [0.29, 0.717) is 0 Å². The summed E-state index contributed by atoms with van der Waals surface area (Å²) in [5, 5.41) is 13.1. The minimum atomic E-state index is -1.15. The zero-order chi connectivity index (χ0) is 15.6. The summed E-state index contributed by atoms with van der Waals surface area (Å²) < 4.78 is 1.94. The van der Waals surface area contributed by atoms with Gasteiger partial charge in [-0.2, -0.15) is 0 Å². The normalized spacial score (nSPS) is 10.3. The highest BCUT2D eigenvalue weighted by Gasteiger charge is 2.14. The lowest BCUT2D eigenvalue weighted by atomic mass is 10.3. The van der Waals surface area contributed by atoms with Crippen LogP contribution in [0.15, 0.2) is 33.3 Å². The minimum Gasteiger partial charge on any atom is -0.478 e. The van der Waals surface area contributed by atoms with Gasteiger partial charge in [-0.3, -0.25) is 18.7 Å². The Labute approximate surface area is 121 Å². The van der Waals surface area contributed by atoms with E-state index in [-0.39, 0.29) is 17.1 Å². The number of carbonyl (C=O) groups is 2. The molecule has 2 N–H and O–H groups in total. The van der Waals surface area contributed by atoms with Crippen molar-refractivity contribution in [3.63, 3.8) is 0 Å². The molecule has 8 nitrogen and oxygen atoms in total. The summed E-state index contributed by atoms with van der Waals surface area (Å²) in [5.74, 6) is -1.70. The molecule has 21 heavy (non-hydrogen) atoms. The molecule has 0 saturated carbocycles. The van der Waals surface area contributed by atoms with Crippen LogP contribution in [-0.2, 0) is 18.4 Å². The maximum Gasteiger partial charge on any atom is 0.338 e. The van der Waals surface area contributed by atoms with Crippen molar-refractivity contribution < 1.29 is 14.7 Å². The fourth-order valence-electron chi connectivity index (χ4n) is 1.63. The number of anilines is 1. The Bertz CT molecular complexity index is 817. The molecule has 0 fully saturated rings. The van der Waals surface area contributed by atoms with Gasteiger partial charge in [0.2, 0.25) is 5.91 Å². The number of carboxylic acids is 1. The predicted molar refractivity (Wildman–Crippen MR) is 75.9 cm³/mol. The van der Waals surface area contributed by atoms with Crippen molar-refractivity contribution in [3.05, 3.63) is 50.1 Å². The maximum atomic E-state index is 11.9. The second-order valence-electron chi connectivity index (χ2n) is 4.14.